The van der Waals surface area contributed by atoms with E-state index in [-0.39, 0.29) is 23.6 Å². The number of nitrogens with two attached hydrogens (primary N) is 1. The molecule has 28 heavy (non-hydrogen) atoms. The zero-order chi connectivity index (χ0) is 20.1. The molecule has 0 saturated carbocycles. The fourth-order valence-electron chi connectivity index (χ4n) is 3.26. The second kappa shape index (κ2) is 8.45. The van der Waals surface area contributed by atoms with Crippen LogP contribution in [-0.4, -0.2) is 12.6 Å². The summed E-state index contributed by atoms with van der Waals surface area (Å²) in [5, 5.41) is 9.74. The zero-order valence-corrected chi connectivity index (χ0v) is 15.9. The highest BCUT2D eigenvalue weighted by Crippen LogP contribution is 2.42. The minimum atomic E-state index is -0.654. The third-order valence-corrected chi connectivity index (χ3v) is 4.67. The molecule has 2 aromatic carbocycles. The van der Waals surface area contributed by atoms with Gasteiger partial charge in [-0.05, 0) is 24.5 Å². The van der Waals surface area contributed by atoms with E-state index in [2.05, 4.69) is 13.0 Å². The lowest BCUT2D eigenvalue weighted by atomic mass is 9.81. The van der Waals surface area contributed by atoms with Gasteiger partial charge < -0.3 is 15.2 Å². The number of nitrogens with zero attached hydrogens (tertiary/aromatic N) is 1. The summed E-state index contributed by atoms with van der Waals surface area (Å²) in [7, 11) is 0. The van der Waals surface area contributed by atoms with E-state index in [4.69, 9.17) is 15.2 Å². The van der Waals surface area contributed by atoms with Crippen molar-refractivity contribution in [3.05, 3.63) is 88.3 Å². The molecule has 0 aliphatic carbocycles. The number of rotatable bonds is 5. The molecular weight excluding hydrogens is 352 g/mol. The van der Waals surface area contributed by atoms with Crippen LogP contribution < -0.4 is 5.73 Å². The Kier molecular flexibility index (Phi) is 5.81. The fourth-order valence-corrected chi connectivity index (χ4v) is 3.26. The normalized spacial score (nSPS) is 16.4. The first kappa shape index (κ1) is 19.2. The highest BCUT2D eigenvalue weighted by molar-refractivity contribution is 5.99. The Morgan fingerprint density at radius 1 is 1.14 bits per heavy atom. The van der Waals surface area contributed by atoms with Gasteiger partial charge in [0, 0.05) is 5.56 Å². The lowest BCUT2D eigenvalue weighted by molar-refractivity contribution is -0.138. The minimum absolute atomic E-state index is 0.000954. The molecule has 1 atom stereocenters. The van der Waals surface area contributed by atoms with Crippen molar-refractivity contribution in [2.45, 2.75) is 26.2 Å². The lowest BCUT2D eigenvalue weighted by Gasteiger charge is -2.28. The second-order valence-electron chi connectivity index (χ2n) is 6.35. The number of nitriles is 1. The standard InChI is InChI=1S/C23H22N2O3/c1-3-15-10-12-16(13-11-15)19-18(14-24)22(25)28-21(17-8-6-5-7-9-17)20(19)23(26)27-4-2/h5-13,19H,3-4,25H2,1-2H3/t19-/m0/s1. The Morgan fingerprint density at radius 2 is 1.82 bits per heavy atom. The number of hydrogen-bond donors (Lipinski definition) is 1. The molecule has 0 fully saturated rings. The summed E-state index contributed by atoms with van der Waals surface area (Å²) in [6, 6.07) is 19.2. The Hall–Kier alpha value is -3.52. The maximum atomic E-state index is 12.9. The Labute approximate surface area is 164 Å². The van der Waals surface area contributed by atoms with Crippen molar-refractivity contribution in [1.82, 2.24) is 0 Å². The number of hydrogen-bond acceptors (Lipinski definition) is 5. The molecule has 1 aliphatic rings. The Morgan fingerprint density at radius 3 is 2.39 bits per heavy atom. The average molecular weight is 374 g/mol. The highest BCUT2D eigenvalue weighted by atomic mass is 16.5. The molecule has 5 heteroatoms. The van der Waals surface area contributed by atoms with Gasteiger partial charge in [-0.25, -0.2) is 4.79 Å². The number of carbonyl (C=O) groups excluding carboxylic acids is 1. The molecule has 0 radical (unpaired) electrons. The fraction of sp³-hybridized carbons (Fsp3) is 0.217. The maximum Gasteiger partial charge on any atom is 0.338 e. The third-order valence-electron chi connectivity index (χ3n) is 4.67. The first-order chi connectivity index (χ1) is 13.6. The summed E-state index contributed by atoms with van der Waals surface area (Å²) in [6.45, 7) is 4.03. The van der Waals surface area contributed by atoms with E-state index in [1.165, 1.54) is 0 Å². The summed E-state index contributed by atoms with van der Waals surface area (Å²) in [5.74, 6) is -0.857. The first-order valence-corrected chi connectivity index (χ1v) is 9.23. The van der Waals surface area contributed by atoms with Gasteiger partial charge in [-0.1, -0.05) is 61.5 Å². The van der Waals surface area contributed by atoms with Crippen molar-refractivity contribution in [1.29, 1.82) is 5.26 Å². The van der Waals surface area contributed by atoms with E-state index in [1.807, 2.05) is 54.6 Å². The quantitative estimate of drug-likeness (QED) is 0.799. The number of aryl methyl sites for hydroxylation is 1. The van der Waals surface area contributed by atoms with E-state index in [0.717, 1.165) is 17.5 Å². The summed E-state index contributed by atoms with van der Waals surface area (Å²) < 4.78 is 11.1. The van der Waals surface area contributed by atoms with Gasteiger partial charge in [0.05, 0.1) is 18.1 Å². The van der Waals surface area contributed by atoms with E-state index in [0.29, 0.717) is 11.3 Å². The topological polar surface area (TPSA) is 85.3 Å². The van der Waals surface area contributed by atoms with Crippen LogP contribution in [0, 0.1) is 11.3 Å². The molecule has 142 valence electrons. The molecule has 0 unspecified atom stereocenters. The molecule has 1 heterocycles. The van der Waals surface area contributed by atoms with E-state index < -0.39 is 11.9 Å². The first-order valence-electron chi connectivity index (χ1n) is 9.23. The highest BCUT2D eigenvalue weighted by Gasteiger charge is 2.38. The predicted molar refractivity (Wildman–Crippen MR) is 106 cm³/mol. The van der Waals surface area contributed by atoms with Gasteiger partial charge >= 0.3 is 5.97 Å². The van der Waals surface area contributed by atoms with Gasteiger partial charge in [-0.2, -0.15) is 5.26 Å². The van der Waals surface area contributed by atoms with Gasteiger partial charge in [-0.3, -0.25) is 0 Å². The second-order valence-corrected chi connectivity index (χ2v) is 6.35. The number of carbonyl (C=O) groups is 1. The Balaban J connectivity index is 2.24. The molecule has 0 spiro atoms. The number of ether oxygens (including phenoxy) is 2. The molecular formula is C23H22N2O3. The van der Waals surface area contributed by atoms with Crippen molar-refractivity contribution in [3.63, 3.8) is 0 Å². The summed E-state index contributed by atoms with van der Waals surface area (Å²) in [5.41, 5.74) is 9.21. The van der Waals surface area contributed by atoms with Gasteiger partial charge in [0.1, 0.15) is 17.4 Å². The molecule has 1 aliphatic heterocycles. The summed E-state index contributed by atoms with van der Waals surface area (Å²) >= 11 is 0. The molecule has 2 N–H and O–H groups in total. The van der Waals surface area contributed by atoms with Crippen LogP contribution in [0.4, 0.5) is 0 Å². The van der Waals surface area contributed by atoms with Crippen LogP contribution in [0.15, 0.2) is 71.6 Å². The number of esters is 1. The molecule has 3 rings (SSSR count). The Bertz CT molecular complexity index is 967. The van der Waals surface area contributed by atoms with E-state index >= 15 is 0 Å². The number of allylic oxidation sites excluding steroid dienone is 1. The molecule has 2 aromatic rings. The molecule has 0 saturated heterocycles. The van der Waals surface area contributed by atoms with Crippen LogP contribution in [0.25, 0.3) is 5.76 Å². The van der Waals surface area contributed by atoms with Gasteiger partial charge in [0.15, 0.2) is 0 Å². The minimum Gasteiger partial charge on any atom is -0.463 e. The van der Waals surface area contributed by atoms with Crippen LogP contribution in [0.3, 0.4) is 0 Å². The van der Waals surface area contributed by atoms with E-state index in [1.54, 1.807) is 6.92 Å². The predicted octanol–water partition coefficient (Wildman–Crippen LogP) is 4.03. The van der Waals surface area contributed by atoms with Crippen molar-refractivity contribution in [2.75, 3.05) is 6.61 Å². The van der Waals surface area contributed by atoms with Crippen molar-refractivity contribution in [2.24, 2.45) is 5.73 Å². The molecule has 0 aromatic heterocycles. The monoisotopic (exact) mass is 374 g/mol. The van der Waals surface area contributed by atoms with Crippen LogP contribution in [0.5, 0.6) is 0 Å². The molecule has 0 bridgehead atoms. The maximum absolute atomic E-state index is 12.9. The smallest absolute Gasteiger partial charge is 0.338 e. The van der Waals surface area contributed by atoms with Gasteiger partial charge in [0.25, 0.3) is 0 Å². The summed E-state index contributed by atoms with van der Waals surface area (Å²) in [4.78, 5) is 12.9. The van der Waals surface area contributed by atoms with E-state index in [9.17, 15) is 10.1 Å². The largest absolute Gasteiger partial charge is 0.463 e. The van der Waals surface area contributed by atoms with Crippen molar-refractivity contribution < 1.29 is 14.3 Å². The van der Waals surface area contributed by atoms with Crippen molar-refractivity contribution >= 4 is 11.7 Å². The number of benzene rings is 2. The average Bonchev–Trinajstić information content (AvgIpc) is 2.73. The van der Waals surface area contributed by atoms with Crippen LogP contribution in [0.1, 0.15) is 36.5 Å². The molecule has 0 amide bonds. The zero-order valence-electron chi connectivity index (χ0n) is 15.9. The SMILES string of the molecule is CCOC(=O)C1=C(c2ccccc2)OC(N)=C(C#N)[C@@H]1c1ccc(CC)cc1. The van der Waals surface area contributed by atoms with Crippen molar-refractivity contribution in [3.8, 4) is 6.07 Å². The van der Waals surface area contributed by atoms with Crippen LogP contribution in [0.2, 0.25) is 0 Å². The lowest BCUT2D eigenvalue weighted by Crippen LogP contribution is -2.25. The van der Waals surface area contributed by atoms with Gasteiger partial charge in [-0.15, -0.1) is 0 Å². The van der Waals surface area contributed by atoms with Crippen LogP contribution in [-0.2, 0) is 20.7 Å². The molecule has 5 nitrogen and oxygen atoms in total. The summed E-state index contributed by atoms with van der Waals surface area (Å²) in [6.07, 6.45) is 0.896. The van der Waals surface area contributed by atoms with Gasteiger partial charge in [0.2, 0.25) is 5.88 Å². The van der Waals surface area contributed by atoms with Crippen LogP contribution >= 0.6 is 0 Å². The third kappa shape index (κ3) is 3.63.